The van der Waals surface area contributed by atoms with Crippen LogP contribution in [0.4, 0.5) is 0 Å². The Bertz CT molecular complexity index is 933. The first-order valence-corrected chi connectivity index (χ1v) is 8.78. The Labute approximate surface area is 140 Å². The summed E-state index contributed by atoms with van der Waals surface area (Å²) in [6.45, 7) is 8.43. The molecule has 126 valence electrons. The van der Waals surface area contributed by atoms with E-state index in [-0.39, 0.29) is 5.92 Å². The van der Waals surface area contributed by atoms with Gasteiger partial charge in [0.25, 0.3) is 0 Å². The van der Waals surface area contributed by atoms with E-state index in [0.717, 1.165) is 35.1 Å². The summed E-state index contributed by atoms with van der Waals surface area (Å²) >= 11 is 0. The van der Waals surface area contributed by atoms with Crippen LogP contribution in [0.5, 0.6) is 0 Å². The first-order chi connectivity index (χ1) is 11.6. The highest BCUT2D eigenvalue weighted by molar-refractivity contribution is 6.03. The van der Waals surface area contributed by atoms with Gasteiger partial charge in [-0.2, -0.15) is 4.98 Å². The second-order valence-electron chi connectivity index (χ2n) is 6.96. The lowest BCUT2D eigenvalue weighted by atomic mass is 10.0. The van der Waals surface area contributed by atoms with Gasteiger partial charge in [-0.3, -0.25) is 0 Å². The van der Waals surface area contributed by atoms with E-state index in [2.05, 4.69) is 46.6 Å². The van der Waals surface area contributed by atoms with E-state index in [1.807, 2.05) is 6.07 Å². The molecule has 0 spiro atoms. The van der Waals surface area contributed by atoms with Crippen LogP contribution in [0.3, 0.4) is 0 Å². The standard InChI is InChI=1S/C19H23N3O2/c1-13(2)16-15-6-5-14-7-10-22(12-11-21-8-3-4-9-21)17(14)18(15)24-19(23)20-16/h5-7,10,13H,3-4,8-9,11-12H2,1-2H3. The van der Waals surface area contributed by atoms with Crippen molar-refractivity contribution in [2.45, 2.75) is 39.2 Å². The van der Waals surface area contributed by atoms with Gasteiger partial charge in [-0.25, -0.2) is 4.79 Å². The monoisotopic (exact) mass is 325 g/mol. The topological polar surface area (TPSA) is 51.3 Å². The Morgan fingerprint density at radius 3 is 2.71 bits per heavy atom. The third-order valence-corrected chi connectivity index (χ3v) is 4.96. The van der Waals surface area contributed by atoms with Crippen LogP contribution in [0.2, 0.25) is 0 Å². The lowest BCUT2D eigenvalue weighted by molar-refractivity contribution is 0.324. The van der Waals surface area contributed by atoms with Crippen molar-refractivity contribution in [3.8, 4) is 0 Å². The number of hydrogen-bond acceptors (Lipinski definition) is 4. The van der Waals surface area contributed by atoms with Crippen LogP contribution in [0, 0.1) is 0 Å². The summed E-state index contributed by atoms with van der Waals surface area (Å²) in [4.78, 5) is 18.5. The lowest BCUT2D eigenvalue weighted by Gasteiger charge is -2.16. The minimum atomic E-state index is -0.508. The fourth-order valence-electron chi connectivity index (χ4n) is 3.72. The zero-order valence-corrected chi connectivity index (χ0v) is 14.3. The second kappa shape index (κ2) is 6.06. The molecular formula is C19H23N3O2. The molecule has 0 atom stereocenters. The summed E-state index contributed by atoms with van der Waals surface area (Å²) in [7, 11) is 0. The maximum Gasteiger partial charge on any atom is 0.439 e. The summed E-state index contributed by atoms with van der Waals surface area (Å²) in [5.74, 6) is -0.326. The highest BCUT2D eigenvalue weighted by Crippen LogP contribution is 2.29. The van der Waals surface area contributed by atoms with Crippen LogP contribution < -0.4 is 5.76 Å². The molecule has 1 saturated heterocycles. The van der Waals surface area contributed by atoms with E-state index >= 15 is 0 Å². The predicted octanol–water partition coefficient (Wildman–Crippen LogP) is 3.36. The van der Waals surface area contributed by atoms with E-state index < -0.39 is 5.76 Å². The quantitative estimate of drug-likeness (QED) is 0.738. The summed E-state index contributed by atoms with van der Waals surface area (Å²) < 4.78 is 7.75. The van der Waals surface area contributed by atoms with Crippen molar-refractivity contribution in [2.75, 3.05) is 19.6 Å². The van der Waals surface area contributed by atoms with Gasteiger partial charge in [0.2, 0.25) is 0 Å². The molecule has 5 nitrogen and oxygen atoms in total. The van der Waals surface area contributed by atoms with Crippen LogP contribution in [0.25, 0.3) is 21.9 Å². The van der Waals surface area contributed by atoms with Crippen LogP contribution in [0.1, 0.15) is 38.3 Å². The van der Waals surface area contributed by atoms with Gasteiger partial charge in [-0.15, -0.1) is 0 Å². The number of rotatable bonds is 4. The zero-order valence-electron chi connectivity index (χ0n) is 14.3. The fourth-order valence-corrected chi connectivity index (χ4v) is 3.72. The van der Waals surface area contributed by atoms with Crippen molar-refractivity contribution in [3.05, 3.63) is 40.6 Å². The summed E-state index contributed by atoms with van der Waals surface area (Å²) in [5.41, 5.74) is 2.49. The molecule has 0 bridgehead atoms. The van der Waals surface area contributed by atoms with Crippen LogP contribution in [-0.4, -0.2) is 34.1 Å². The van der Waals surface area contributed by atoms with Gasteiger partial charge in [0.15, 0.2) is 5.58 Å². The SMILES string of the molecule is CC(C)c1nc(=O)oc2c1ccc1ccn(CCN3CCCC3)c12. The van der Waals surface area contributed by atoms with E-state index in [1.54, 1.807) is 0 Å². The zero-order chi connectivity index (χ0) is 16.7. The third-order valence-electron chi connectivity index (χ3n) is 4.96. The van der Waals surface area contributed by atoms with Crippen molar-refractivity contribution < 1.29 is 4.42 Å². The van der Waals surface area contributed by atoms with Crippen molar-refractivity contribution in [1.82, 2.24) is 14.5 Å². The minimum absolute atomic E-state index is 0.182. The summed E-state index contributed by atoms with van der Waals surface area (Å²) in [6.07, 6.45) is 4.69. The molecule has 2 aromatic heterocycles. The number of benzene rings is 1. The Hall–Kier alpha value is -2.14. The van der Waals surface area contributed by atoms with E-state index in [4.69, 9.17) is 4.42 Å². The van der Waals surface area contributed by atoms with Crippen LogP contribution >= 0.6 is 0 Å². The van der Waals surface area contributed by atoms with Gasteiger partial charge in [0.05, 0.1) is 11.2 Å². The molecular weight excluding hydrogens is 302 g/mol. The highest BCUT2D eigenvalue weighted by atomic mass is 16.4. The lowest BCUT2D eigenvalue weighted by Crippen LogP contribution is -2.23. The molecule has 0 amide bonds. The highest BCUT2D eigenvalue weighted by Gasteiger charge is 2.16. The molecule has 0 radical (unpaired) electrons. The molecule has 1 aromatic carbocycles. The molecule has 5 heteroatoms. The molecule has 1 aliphatic rings. The smallest absolute Gasteiger partial charge is 0.406 e. The predicted molar refractivity (Wildman–Crippen MR) is 95.5 cm³/mol. The van der Waals surface area contributed by atoms with Gasteiger partial charge >= 0.3 is 5.76 Å². The molecule has 1 aliphatic heterocycles. The maximum atomic E-state index is 12.0. The first-order valence-electron chi connectivity index (χ1n) is 8.78. The molecule has 0 saturated carbocycles. The van der Waals surface area contributed by atoms with Crippen LogP contribution in [0.15, 0.2) is 33.6 Å². The van der Waals surface area contributed by atoms with Crippen molar-refractivity contribution in [3.63, 3.8) is 0 Å². The summed E-state index contributed by atoms with van der Waals surface area (Å²) in [6, 6.07) is 6.21. The Balaban J connectivity index is 1.83. The number of fused-ring (bicyclic) bond motifs is 3. The Kier molecular flexibility index (Phi) is 3.88. The second-order valence-corrected chi connectivity index (χ2v) is 6.96. The number of nitrogens with zero attached hydrogens (tertiary/aromatic N) is 3. The van der Waals surface area contributed by atoms with E-state index in [9.17, 15) is 4.79 Å². The number of aromatic nitrogens is 2. The molecule has 1 fully saturated rings. The molecule has 0 unspecified atom stereocenters. The third kappa shape index (κ3) is 2.63. The van der Waals surface area contributed by atoms with Gasteiger partial charge in [-0.1, -0.05) is 19.9 Å². The van der Waals surface area contributed by atoms with Gasteiger partial charge in [0, 0.05) is 30.1 Å². The number of hydrogen-bond donors (Lipinski definition) is 0. The van der Waals surface area contributed by atoms with Gasteiger partial charge < -0.3 is 13.9 Å². The van der Waals surface area contributed by atoms with Crippen molar-refractivity contribution >= 4 is 21.9 Å². The van der Waals surface area contributed by atoms with Gasteiger partial charge in [-0.05, 0) is 44.0 Å². The van der Waals surface area contributed by atoms with E-state index in [1.165, 1.54) is 25.9 Å². The molecule has 3 heterocycles. The normalized spacial score (nSPS) is 16.0. The molecule has 4 rings (SSSR count). The molecule has 3 aromatic rings. The first kappa shape index (κ1) is 15.4. The molecule has 0 aliphatic carbocycles. The minimum Gasteiger partial charge on any atom is -0.406 e. The van der Waals surface area contributed by atoms with Crippen molar-refractivity contribution in [2.24, 2.45) is 0 Å². The number of likely N-dealkylation sites (tertiary alicyclic amines) is 1. The molecule has 24 heavy (non-hydrogen) atoms. The maximum absolute atomic E-state index is 12.0. The Morgan fingerprint density at radius 1 is 1.17 bits per heavy atom. The van der Waals surface area contributed by atoms with E-state index in [0.29, 0.717) is 5.58 Å². The largest absolute Gasteiger partial charge is 0.439 e. The fraction of sp³-hybridized carbons (Fsp3) is 0.474. The molecule has 0 N–H and O–H groups in total. The average molecular weight is 325 g/mol. The van der Waals surface area contributed by atoms with Gasteiger partial charge in [0.1, 0.15) is 0 Å². The summed E-state index contributed by atoms with van der Waals surface area (Å²) in [5, 5.41) is 2.05. The Morgan fingerprint density at radius 2 is 1.96 bits per heavy atom. The average Bonchev–Trinajstić information content (AvgIpc) is 3.21. The van der Waals surface area contributed by atoms with Crippen LogP contribution in [-0.2, 0) is 6.54 Å². The van der Waals surface area contributed by atoms with Crippen molar-refractivity contribution in [1.29, 1.82) is 0 Å².